The molecule has 2 heteroatoms. The summed E-state index contributed by atoms with van der Waals surface area (Å²) in [4.78, 5) is 26.9. The van der Waals surface area contributed by atoms with Crippen molar-refractivity contribution in [3.63, 3.8) is 0 Å². The predicted octanol–water partition coefficient (Wildman–Crippen LogP) is 5.38. The van der Waals surface area contributed by atoms with E-state index in [9.17, 15) is 9.59 Å². The Morgan fingerprint density at radius 3 is 2.13 bits per heavy atom. The number of carbonyl (C=O) groups excluding carboxylic acids is 2. The minimum atomic E-state index is 0.213. The van der Waals surface area contributed by atoms with E-state index in [4.69, 9.17) is 0 Å². The third-order valence-electron chi connectivity index (χ3n) is 12.4. The Kier molecular flexibility index (Phi) is 3.13. The van der Waals surface area contributed by atoms with Crippen molar-refractivity contribution in [1.29, 1.82) is 0 Å². The van der Waals surface area contributed by atoms with Crippen molar-refractivity contribution in [3.8, 4) is 0 Å². The molecular formula is C28H34O2. The highest BCUT2D eigenvalue weighted by atomic mass is 16.1. The fraction of sp³-hybridized carbons (Fsp3) is 0.786. The van der Waals surface area contributed by atoms with E-state index in [-0.39, 0.29) is 11.8 Å². The molecule has 2 nitrogen and oxygen atoms in total. The van der Waals surface area contributed by atoms with Crippen molar-refractivity contribution < 1.29 is 9.59 Å². The second-order valence-electron chi connectivity index (χ2n) is 12.7. The molecule has 8 aliphatic rings. The Hall–Kier alpha value is -1.18. The molecular weight excluding hydrogens is 368 g/mol. The lowest BCUT2D eigenvalue weighted by atomic mass is 9.67. The van der Waals surface area contributed by atoms with Gasteiger partial charge in [-0.05, 0) is 110 Å². The van der Waals surface area contributed by atoms with Crippen molar-refractivity contribution in [3.05, 3.63) is 24.3 Å². The predicted molar refractivity (Wildman–Crippen MR) is 114 cm³/mol. The summed E-state index contributed by atoms with van der Waals surface area (Å²) < 4.78 is 0. The molecule has 0 N–H and O–H groups in total. The number of rotatable bonds is 1. The summed E-state index contributed by atoms with van der Waals surface area (Å²) >= 11 is 0. The maximum atomic E-state index is 13.5. The van der Waals surface area contributed by atoms with Crippen LogP contribution in [0.25, 0.3) is 0 Å². The lowest BCUT2D eigenvalue weighted by molar-refractivity contribution is -0.124. The lowest BCUT2D eigenvalue weighted by Crippen LogP contribution is -2.34. The Morgan fingerprint density at radius 1 is 0.700 bits per heavy atom. The van der Waals surface area contributed by atoms with Gasteiger partial charge in [-0.15, -0.1) is 0 Å². The van der Waals surface area contributed by atoms with Crippen molar-refractivity contribution in [2.75, 3.05) is 0 Å². The van der Waals surface area contributed by atoms with Gasteiger partial charge in [-0.1, -0.05) is 24.3 Å². The van der Waals surface area contributed by atoms with Gasteiger partial charge in [-0.2, -0.15) is 0 Å². The molecule has 6 fully saturated rings. The number of hydrogen-bond donors (Lipinski definition) is 0. The molecule has 8 aliphatic carbocycles. The van der Waals surface area contributed by atoms with Gasteiger partial charge >= 0.3 is 0 Å². The zero-order valence-corrected chi connectivity index (χ0v) is 18.0. The van der Waals surface area contributed by atoms with Gasteiger partial charge in [0, 0.05) is 24.7 Å². The third-order valence-corrected chi connectivity index (χ3v) is 12.4. The molecule has 0 aromatic carbocycles. The number of allylic oxidation sites excluding steroid dienone is 4. The van der Waals surface area contributed by atoms with Crippen LogP contribution in [0.5, 0.6) is 0 Å². The molecule has 0 aliphatic heterocycles. The Balaban J connectivity index is 1.17. The Bertz CT molecular complexity index is 914. The van der Waals surface area contributed by atoms with Gasteiger partial charge in [0.05, 0.1) is 0 Å². The fourth-order valence-electron chi connectivity index (χ4n) is 11.8. The summed E-state index contributed by atoms with van der Waals surface area (Å²) in [5.74, 6) is 6.66. The zero-order chi connectivity index (χ0) is 19.8. The fourth-order valence-corrected chi connectivity index (χ4v) is 11.8. The topological polar surface area (TPSA) is 34.1 Å². The van der Waals surface area contributed by atoms with E-state index in [2.05, 4.69) is 24.3 Å². The largest absolute Gasteiger partial charge is 0.299 e. The van der Waals surface area contributed by atoms with E-state index < -0.39 is 0 Å². The summed E-state index contributed by atoms with van der Waals surface area (Å²) in [5, 5.41) is 0. The van der Waals surface area contributed by atoms with Gasteiger partial charge in [0.2, 0.25) is 0 Å². The number of fused-ring (bicyclic) bond motifs is 4. The normalized spacial score (nSPS) is 61.5. The van der Waals surface area contributed by atoms with E-state index >= 15 is 0 Å². The lowest BCUT2D eigenvalue weighted by Gasteiger charge is -2.36. The minimum Gasteiger partial charge on any atom is -0.299 e. The number of Topliss-reactive ketones (excluding diaryl/α,β-unsaturated/α-hetero) is 2. The monoisotopic (exact) mass is 402 g/mol. The first-order valence-corrected chi connectivity index (χ1v) is 13.0. The van der Waals surface area contributed by atoms with Gasteiger partial charge in [0.25, 0.3) is 0 Å². The molecule has 158 valence electrons. The first-order chi connectivity index (χ1) is 14.6. The average Bonchev–Trinajstić information content (AvgIpc) is 3.49. The summed E-state index contributed by atoms with van der Waals surface area (Å²) in [6.45, 7) is 0. The smallest absolute Gasteiger partial charge is 0.136 e. The van der Waals surface area contributed by atoms with Crippen molar-refractivity contribution in [1.82, 2.24) is 0 Å². The summed E-state index contributed by atoms with van der Waals surface area (Å²) in [6.07, 6.45) is 21.9. The molecule has 0 bridgehead atoms. The highest BCUT2D eigenvalue weighted by Gasteiger charge is 2.70. The molecule has 30 heavy (non-hydrogen) atoms. The van der Waals surface area contributed by atoms with Gasteiger partial charge in [-0.25, -0.2) is 0 Å². The molecule has 0 aromatic heterocycles. The zero-order valence-electron chi connectivity index (χ0n) is 18.0. The van der Waals surface area contributed by atoms with Gasteiger partial charge < -0.3 is 0 Å². The van der Waals surface area contributed by atoms with Gasteiger partial charge in [0.15, 0.2) is 0 Å². The van der Waals surface area contributed by atoms with E-state index in [1.807, 2.05) is 0 Å². The summed E-state index contributed by atoms with van der Waals surface area (Å²) in [5.41, 5.74) is 0.759. The van der Waals surface area contributed by atoms with Crippen LogP contribution in [-0.4, -0.2) is 11.6 Å². The van der Waals surface area contributed by atoms with Gasteiger partial charge in [0.1, 0.15) is 11.6 Å². The molecule has 0 radical (unpaired) electrons. The summed E-state index contributed by atoms with van der Waals surface area (Å²) in [6, 6.07) is 0. The highest BCUT2D eigenvalue weighted by Crippen LogP contribution is 2.73. The van der Waals surface area contributed by atoms with Gasteiger partial charge in [-0.3, -0.25) is 9.59 Å². The molecule has 8 rings (SSSR count). The van der Waals surface area contributed by atoms with Crippen LogP contribution >= 0.6 is 0 Å². The molecule has 2 spiro atoms. The second kappa shape index (κ2) is 5.41. The van der Waals surface area contributed by atoms with Crippen LogP contribution in [0.4, 0.5) is 0 Å². The van der Waals surface area contributed by atoms with Crippen LogP contribution in [0.15, 0.2) is 24.3 Å². The Morgan fingerprint density at radius 2 is 1.37 bits per heavy atom. The number of hydrogen-bond acceptors (Lipinski definition) is 2. The van der Waals surface area contributed by atoms with Crippen molar-refractivity contribution >= 4 is 11.6 Å². The maximum Gasteiger partial charge on any atom is 0.136 e. The third kappa shape index (κ3) is 1.76. The SMILES string of the molecule is O=C1C[C@@H]([C@@H]2C(=O)C[C@@H]3C[C@]45C=CC[C@@H]4CC[C@@H]5[C@@H]32)[C@H]2C[C@]34C=CC[C@H]3CC[C@H]4[C@H]12. The van der Waals surface area contributed by atoms with E-state index in [0.717, 1.165) is 30.6 Å². The highest BCUT2D eigenvalue weighted by molar-refractivity contribution is 5.89. The first-order valence-electron chi connectivity index (χ1n) is 13.0. The van der Waals surface area contributed by atoms with E-state index in [1.54, 1.807) is 0 Å². The molecule has 6 saturated carbocycles. The van der Waals surface area contributed by atoms with E-state index in [0.29, 0.717) is 52.0 Å². The standard InChI is InChI=1S/C28H34O2/c29-22-11-15-13-27-9-1-3-16(27)5-7-20(27)24(15)26(22)18-12-23(30)25-19(18)14-28-10-2-4-17(28)6-8-21(25)28/h1-2,9-10,15-21,24-26H,3-8,11-14H2/t15-,16-,17+,18-,19-,20-,21+,24-,25-,26-,27-,28-/m1/s1. The number of carbonyl (C=O) groups is 2. The van der Waals surface area contributed by atoms with E-state index in [1.165, 1.54) is 51.4 Å². The maximum absolute atomic E-state index is 13.5. The average molecular weight is 403 g/mol. The molecule has 0 amide bonds. The summed E-state index contributed by atoms with van der Waals surface area (Å²) in [7, 11) is 0. The molecule has 12 atom stereocenters. The quantitative estimate of drug-likeness (QED) is 0.552. The molecule has 0 saturated heterocycles. The van der Waals surface area contributed by atoms with Crippen LogP contribution in [0, 0.1) is 70.0 Å². The van der Waals surface area contributed by atoms with Crippen LogP contribution < -0.4 is 0 Å². The molecule has 0 heterocycles. The second-order valence-corrected chi connectivity index (χ2v) is 12.7. The van der Waals surface area contributed by atoms with Crippen LogP contribution in [0.2, 0.25) is 0 Å². The van der Waals surface area contributed by atoms with Crippen LogP contribution in [-0.2, 0) is 9.59 Å². The van der Waals surface area contributed by atoms with Crippen molar-refractivity contribution in [2.24, 2.45) is 70.0 Å². The Labute approximate surface area is 179 Å². The van der Waals surface area contributed by atoms with Crippen molar-refractivity contribution in [2.45, 2.75) is 64.2 Å². The van der Waals surface area contributed by atoms with Crippen LogP contribution in [0.1, 0.15) is 64.2 Å². The number of ketones is 2. The molecule has 0 aromatic rings. The molecule has 0 unspecified atom stereocenters. The first kappa shape index (κ1) is 17.4. The van der Waals surface area contributed by atoms with Crippen LogP contribution in [0.3, 0.4) is 0 Å². The minimum absolute atomic E-state index is 0.213.